The summed E-state index contributed by atoms with van der Waals surface area (Å²) in [7, 11) is 0. The summed E-state index contributed by atoms with van der Waals surface area (Å²) < 4.78 is 40.5. The van der Waals surface area contributed by atoms with E-state index in [0.717, 1.165) is 0 Å². The molecule has 1 amide bonds. The lowest BCUT2D eigenvalue weighted by atomic mass is 10.0. The van der Waals surface area contributed by atoms with Gasteiger partial charge < -0.3 is 10.5 Å². The fourth-order valence-electron chi connectivity index (χ4n) is 1.77. The topological polar surface area (TPSA) is 52.3 Å². The van der Waals surface area contributed by atoms with E-state index in [1.165, 1.54) is 36.4 Å². The van der Waals surface area contributed by atoms with Gasteiger partial charge in [-0.1, -0.05) is 23.7 Å². The van der Waals surface area contributed by atoms with Gasteiger partial charge >= 0.3 is 6.36 Å². The summed E-state index contributed by atoms with van der Waals surface area (Å²) in [5, 5.41) is 0.253. The molecule has 2 rings (SSSR count). The number of alkyl halides is 3. The Labute approximate surface area is 123 Å². The van der Waals surface area contributed by atoms with E-state index in [-0.39, 0.29) is 16.3 Å². The molecule has 110 valence electrons. The second-order valence-corrected chi connectivity index (χ2v) is 4.60. The minimum atomic E-state index is -4.77. The Kier molecular flexibility index (Phi) is 4.09. The molecule has 0 fully saturated rings. The van der Waals surface area contributed by atoms with Gasteiger partial charge in [-0.2, -0.15) is 0 Å². The average Bonchev–Trinajstić information content (AvgIpc) is 2.36. The zero-order chi connectivity index (χ0) is 15.6. The number of halogens is 4. The lowest BCUT2D eigenvalue weighted by Gasteiger charge is -2.10. The van der Waals surface area contributed by atoms with Crippen molar-refractivity contribution >= 4 is 17.5 Å². The lowest BCUT2D eigenvalue weighted by Crippen LogP contribution is -2.17. The number of rotatable bonds is 3. The van der Waals surface area contributed by atoms with Crippen molar-refractivity contribution < 1.29 is 22.7 Å². The first-order valence-electron chi connectivity index (χ1n) is 5.71. The van der Waals surface area contributed by atoms with Gasteiger partial charge in [0, 0.05) is 10.6 Å². The maximum atomic E-state index is 12.2. The van der Waals surface area contributed by atoms with Crippen molar-refractivity contribution in [1.29, 1.82) is 0 Å². The van der Waals surface area contributed by atoms with Crippen molar-refractivity contribution in [3.63, 3.8) is 0 Å². The smallest absolute Gasteiger partial charge is 0.406 e. The van der Waals surface area contributed by atoms with E-state index in [1.807, 2.05) is 0 Å². The molecule has 0 aliphatic heterocycles. The molecule has 2 aromatic carbocycles. The van der Waals surface area contributed by atoms with E-state index in [0.29, 0.717) is 11.1 Å². The predicted molar refractivity (Wildman–Crippen MR) is 72.1 cm³/mol. The Bertz CT molecular complexity index is 686. The number of amides is 1. The zero-order valence-electron chi connectivity index (χ0n) is 10.4. The monoisotopic (exact) mass is 315 g/mol. The van der Waals surface area contributed by atoms with Crippen molar-refractivity contribution in [2.24, 2.45) is 5.73 Å². The normalized spacial score (nSPS) is 11.2. The largest absolute Gasteiger partial charge is 0.573 e. The quantitative estimate of drug-likeness (QED) is 0.930. The molecule has 0 aromatic heterocycles. The SMILES string of the molecule is NC(=O)c1cc(Cl)cc(-c2cccc(OC(F)(F)F)c2)c1. The molecule has 0 atom stereocenters. The molecule has 0 aliphatic carbocycles. The summed E-state index contributed by atoms with van der Waals surface area (Å²) in [6, 6.07) is 9.69. The molecule has 0 radical (unpaired) electrons. The maximum Gasteiger partial charge on any atom is 0.573 e. The Morgan fingerprint density at radius 3 is 2.43 bits per heavy atom. The molecule has 7 heteroatoms. The summed E-state index contributed by atoms with van der Waals surface area (Å²) in [4.78, 5) is 11.2. The van der Waals surface area contributed by atoms with Gasteiger partial charge in [0.2, 0.25) is 5.91 Å². The van der Waals surface area contributed by atoms with E-state index in [4.69, 9.17) is 17.3 Å². The summed E-state index contributed by atoms with van der Waals surface area (Å²) in [6.45, 7) is 0. The Morgan fingerprint density at radius 2 is 1.81 bits per heavy atom. The second-order valence-electron chi connectivity index (χ2n) is 4.17. The van der Waals surface area contributed by atoms with Crippen LogP contribution in [0.5, 0.6) is 5.75 Å². The van der Waals surface area contributed by atoms with Crippen molar-refractivity contribution in [3.8, 4) is 16.9 Å². The Hall–Kier alpha value is -2.21. The van der Waals surface area contributed by atoms with Gasteiger partial charge in [0.25, 0.3) is 0 Å². The third-order valence-corrected chi connectivity index (χ3v) is 2.80. The predicted octanol–water partition coefficient (Wildman–Crippen LogP) is 4.00. The van der Waals surface area contributed by atoms with Crippen LogP contribution >= 0.6 is 11.6 Å². The van der Waals surface area contributed by atoms with Gasteiger partial charge in [-0.05, 0) is 41.5 Å². The van der Waals surface area contributed by atoms with Crippen molar-refractivity contribution in [1.82, 2.24) is 0 Å². The molecule has 0 heterocycles. The van der Waals surface area contributed by atoms with E-state index in [2.05, 4.69) is 4.74 Å². The number of primary amides is 1. The Balaban J connectivity index is 2.42. The van der Waals surface area contributed by atoms with Gasteiger partial charge in [-0.3, -0.25) is 4.79 Å². The molecule has 0 saturated carbocycles. The van der Waals surface area contributed by atoms with Crippen LogP contribution in [0.1, 0.15) is 10.4 Å². The lowest BCUT2D eigenvalue weighted by molar-refractivity contribution is -0.274. The first-order chi connectivity index (χ1) is 9.74. The van der Waals surface area contributed by atoms with Gasteiger partial charge in [0.05, 0.1) is 0 Å². The molecular weight excluding hydrogens is 307 g/mol. The number of ether oxygens (including phenoxy) is 1. The van der Waals surface area contributed by atoms with E-state index >= 15 is 0 Å². The molecule has 0 unspecified atom stereocenters. The van der Waals surface area contributed by atoms with Crippen molar-refractivity contribution in [2.45, 2.75) is 6.36 Å². The summed E-state index contributed by atoms with van der Waals surface area (Å²) in [5.74, 6) is -1.04. The van der Waals surface area contributed by atoms with Crippen LogP contribution in [0.4, 0.5) is 13.2 Å². The molecular formula is C14H9ClF3NO2. The fourth-order valence-corrected chi connectivity index (χ4v) is 2.01. The number of hydrogen-bond donors (Lipinski definition) is 1. The van der Waals surface area contributed by atoms with Crippen LogP contribution in [0.2, 0.25) is 5.02 Å². The van der Waals surface area contributed by atoms with Crippen LogP contribution < -0.4 is 10.5 Å². The van der Waals surface area contributed by atoms with Gasteiger partial charge in [0.1, 0.15) is 5.75 Å². The molecule has 2 N–H and O–H groups in total. The highest BCUT2D eigenvalue weighted by molar-refractivity contribution is 6.31. The number of carbonyl (C=O) groups excluding carboxylic acids is 1. The van der Waals surface area contributed by atoms with Crippen LogP contribution in [0.15, 0.2) is 42.5 Å². The van der Waals surface area contributed by atoms with Gasteiger partial charge in [-0.25, -0.2) is 0 Å². The number of hydrogen-bond acceptors (Lipinski definition) is 2. The number of carbonyl (C=O) groups is 1. The minimum absolute atomic E-state index is 0.166. The number of benzene rings is 2. The van der Waals surface area contributed by atoms with Crippen molar-refractivity contribution in [3.05, 3.63) is 53.1 Å². The molecule has 2 aromatic rings. The molecule has 3 nitrogen and oxygen atoms in total. The maximum absolute atomic E-state index is 12.2. The zero-order valence-corrected chi connectivity index (χ0v) is 11.2. The van der Waals surface area contributed by atoms with Crippen LogP contribution in [-0.2, 0) is 0 Å². The highest BCUT2D eigenvalue weighted by Gasteiger charge is 2.31. The molecule has 0 saturated heterocycles. The van der Waals surface area contributed by atoms with E-state index < -0.39 is 12.3 Å². The molecule has 0 aliphatic rings. The molecule has 0 bridgehead atoms. The third-order valence-electron chi connectivity index (χ3n) is 2.58. The fraction of sp³-hybridized carbons (Fsp3) is 0.0714. The average molecular weight is 316 g/mol. The first-order valence-corrected chi connectivity index (χ1v) is 6.09. The Morgan fingerprint density at radius 1 is 1.10 bits per heavy atom. The van der Waals surface area contributed by atoms with Crippen LogP contribution in [0.25, 0.3) is 11.1 Å². The highest BCUT2D eigenvalue weighted by atomic mass is 35.5. The minimum Gasteiger partial charge on any atom is -0.406 e. The summed E-state index contributed by atoms with van der Waals surface area (Å²) >= 11 is 5.87. The first kappa shape index (κ1) is 15.2. The molecule has 21 heavy (non-hydrogen) atoms. The van der Waals surface area contributed by atoms with E-state index in [1.54, 1.807) is 6.07 Å². The van der Waals surface area contributed by atoms with E-state index in [9.17, 15) is 18.0 Å². The third kappa shape index (κ3) is 4.13. The second kappa shape index (κ2) is 5.65. The highest BCUT2D eigenvalue weighted by Crippen LogP contribution is 2.30. The standard InChI is InChI=1S/C14H9ClF3NO2/c15-11-5-9(4-10(6-11)13(19)20)8-2-1-3-12(7-8)21-14(16,17)18/h1-7H,(H2,19,20). The summed E-state index contributed by atoms with van der Waals surface area (Å²) in [5.41, 5.74) is 6.22. The van der Waals surface area contributed by atoms with Crippen LogP contribution in [0, 0.1) is 0 Å². The summed E-state index contributed by atoms with van der Waals surface area (Å²) in [6.07, 6.45) is -4.77. The number of nitrogens with two attached hydrogens (primary N) is 1. The van der Waals surface area contributed by atoms with Gasteiger partial charge in [0.15, 0.2) is 0 Å². The molecule has 0 spiro atoms. The van der Waals surface area contributed by atoms with Crippen LogP contribution in [-0.4, -0.2) is 12.3 Å². The van der Waals surface area contributed by atoms with Crippen LogP contribution in [0.3, 0.4) is 0 Å². The van der Waals surface area contributed by atoms with Gasteiger partial charge in [-0.15, -0.1) is 13.2 Å². The van der Waals surface area contributed by atoms with Crippen molar-refractivity contribution in [2.75, 3.05) is 0 Å².